The van der Waals surface area contributed by atoms with E-state index in [9.17, 15) is 0 Å². The number of epoxide rings is 1. The van der Waals surface area contributed by atoms with Crippen molar-refractivity contribution in [2.75, 3.05) is 13.7 Å². The monoisotopic (exact) mass is 357 g/mol. The Hall–Kier alpha value is -1.03. The third-order valence-electron chi connectivity index (χ3n) is 7.57. The molecule has 134 valence electrons. The highest BCUT2D eigenvalue weighted by atomic mass is 35.5. The molecule has 3 nitrogen and oxygen atoms in total. The number of benzene rings is 1. The normalized spacial score (nSPS) is 41.6. The van der Waals surface area contributed by atoms with E-state index < -0.39 is 0 Å². The maximum atomic E-state index is 7.04. The molecule has 0 spiro atoms. The van der Waals surface area contributed by atoms with Crippen molar-refractivity contribution in [3.63, 3.8) is 0 Å². The molecule has 2 heterocycles. The van der Waals surface area contributed by atoms with Crippen LogP contribution in [0.15, 0.2) is 24.4 Å². The molecule has 6 atom stereocenters. The van der Waals surface area contributed by atoms with Crippen LogP contribution in [-0.4, -0.2) is 36.2 Å². The van der Waals surface area contributed by atoms with Crippen LogP contribution in [0.2, 0.25) is 0 Å². The molecule has 1 aromatic carbocycles. The van der Waals surface area contributed by atoms with Crippen LogP contribution in [0.4, 0.5) is 0 Å². The van der Waals surface area contributed by atoms with Crippen molar-refractivity contribution in [2.24, 2.45) is 11.3 Å². The number of alkyl halides is 1. The summed E-state index contributed by atoms with van der Waals surface area (Å²) < 4.78 is 5.76. The fourth-order valence-corrected chi connectivity index (χ4v) is 6.46. The molecular formula is C21H26ClN2O-. The van der Waals surface area contributed by atoms with E-state index in [0.29, 0.717) is 11.8 Å². The molecule has 5 rings (SSSR count). The number of nitrogens with one attached hydrogen (secondary N) is 1. The van der Waals surface area contributed by atoms with Crippen LogP contribution >= 0.6 is 11.6 Å². The molecule has 0 bridgehead atoms. The highest BCUT2D eigenvalue weighted by molar-refractivity contribution is 6.21. The van der Waals surface area contributed by atoms with E-state index in [-0.39, 0.29) is 28.4 Å². The number of fused-ring (bicyclic) bond motifs is 2. The molecular weight excluding hydrogens is 332 g/mol. The van der Waals surface area contributed by atoms with E-state index in [1.165, 1.54) is 22.0 Å². The lowest BCUT2D eigenvalue weighted by molar-refractivity contribution is 0.0657. The topological polar surface area (TPSA) is 42.4 Å². The first-order valence-electron chi connectivity index (χ1n) is 9.35. The van der Waals surface area contributed by atoms with Crippen LogP contribution in [0.1, 0.15) is 44.2 Å². The van der Waals surface area contributed by atoms with Gasteiger partial charge in [-0.05, 0) is 46.3 Å². The molecule has 4 heteroatoms. The minimum atomic E-state index is -0.0938. The van der Waals surface area contributed by atoms with Crippen molar-refractivity contribution < 1.29 is 4.74 Å². The van der Waals surface area contributed by atoms with E-state index in [1.807, 2.05) is 7.05 Å². The van der Waals surface area contributed by atoms with Crippen molar-refractivity contribution in [3.8, 4) is 0 Å². The Balaban J connectivity index is 1.76. The smallest absolute Gasteiger partial charge is 0.0863 e. The van der Waals surface area contributed by atoms with Crippen LogP contribution in [0.3, 0.4) is 0 Å². The number of likely N-dealkylation sites (N-methyl/N-ethyl adjacent to an activating group) is 1. The maximum Gasteiger partial charge on any atom is 0.0863 e. The van der Waals surface area contributed by atoms with Gasteiger partial charge in [0.2, 0.25) is 0 Å². The zero-order valence-electron chi connectivity index (χ0n) is 15.3. The lowest BCUT2D eigenvalue weighted by atomic mass is 9.50. The number of hydrogen-bond acceptors (Lipinski definition) is 1. The van der Waals surface area contributed by atoms with Gasteiger partial charge in [0.25, 0.3) is 0 Å². The highest BCUT2D eigenvalue weighted by Crippen LogP contribution is 2.63. The number of rotatable bonds is 2. The Morgan fingerprint density at radius 1 is 1.28 bits per heavy atom. The second kappa shape index (κ2) is 5.03. The Morgan fingerprint density at radius 2 is 2.04 bits per heavy atom. The van der Waals surface area contributed by atoms with Gasteiger partial charge >= 0.3 is 0 Å². The first-order valence-corrected chi connectivity index (χ1v) is 9.79. The number of ether oxygens (including phenoxy) is 1. The minimum absolute atomic E-state index is 0.0845. The number of H-pyrrole nitrogens is 1. The van der Waals surface area contributed by atoms with Crippen molar-refractivity contribution in [1.29, 1.82) is 0 Å². The first kappa shape index (κ1) is 16.2. The zero-order chi connectivity index (χ0) is 17.6. The van der Waals surface area contributed by atoms with E-state index in [2.05, 4.69) is 50.2 Å². The van der Waals surface area contributed by atoms with Gasteiger partial charge in [-0.25, -0.2) is 0 Å². The molecule has 25 heavy (non-hydrogen) atoms. The van der Waals surface area contributed by atoms with E-state index >= 15 is 0 Å². The van der Waals surface area contributed by atoms with Crippen LogP contribution in [-0.2, 0) is 10.2 Å². The van der Waals surface area contributed by atoms with Gasteiger partial charge in [0.15, 0.2) is 0 Å². The summed E-state index contributed by atoms with van der Waals surface area (Å²) in [6.45, 7) is 7.91. The molecule has 1 aromatic heterocycles. The van der Waals surface area contributed by atoms with Gasteiger partial charge in [-0.15, -0.1) is 17.6 Å². The molecule has 2 aliphatic carbocycles. The van der Waals surface area contributed by atoms with Crippen molar-refractivity contribution >= 4 is 22.5 Å². The molecule has 0 radical (unpaired) electrons. The maximum absolute atomic E-state index is 7.04. The number of aromatic nitrogens is 1. The predicted molar refractivity (Wildman–Crippen MR) is 103 cm³/mol. The largest absolute Gasteiger partial charge is 0.661 e. The molecule has 1 saturated carbocycles. The lowest BCUT2D eigenvalue weighted by Crippen LogP contribution is -2.57. The summed E-state index contributed by atoms with van der Waals surface area (Å²) in [5.74, 6) is 0.886. The van der Waals surface area contributed by atoms with Gasteiger partial charge < -0.3 is 15.0 Å². The minimum Gasteiger partial charge on any atom is -0.661 e. The van der Waals surface area contributed by atoms with Crippen LogP contribution in [0.5, 0.6) is 0 Å². The predicted octanol–water partition coefficient (Wildman–Crippen LogP) is 4.95. The lowest BCUT2D eigenvalue weighted by Gasteiger charge is -2.62. The van der Waals surface area contributed by atoms with E-state index in [1.54, 1.807) is 0 Å². The average Bonchev–Trinajstić information content (AvgIpc) is 3.36. The van der Waals surface area contributed by atoms with Gasteiger partial charge in [0.05, 0.1) is 12.7 Å². The van der Waals surface area contributed by atoms with Crippen LogP contribution in [0, 0.1) is 11.3 Å². The fourth-order valence-electron chi connectivity index (χ4n) is 6.00. The van der Waals surface area contributed by atoms with Crippen LogP contribution < -0.4 is 0 Å². The summed E-state index contributed by atoms with van der Waals surface area (Å²) in [5, 5.41) is 6.43. The second-order valence-corrected chi connectivity index (χ2v) is 9.45. The zero-order valence-corrected chi connectivity index (χ0v) is 16.1. The summed E-state index contributed by atoms with van der Waals surface area (Å²) in [5.41, 5.74) is 4.12. The highest BCUT2D eigenvalue weighted by Gasteiger charge is 2.59. The molecule has 1 N–H and O–H groups in total. The van der Waals surface area contributed by atoms with Crippen LogP contribution in [0.25, 0.3) is 16.2 Å². The van der Waals surface area contributed by atoms with Crippen molar-refractivity contribution in [3.05, 3.63) is 40.8 Å². The molecule has 6 unspecified atom stereocenters. The van der Waals surface area contributed by atoms with Gasteiger partial charge in [-0.3, -0.25) is 0 Å². The SMILES string of the molecule is C[N-]C1C2c3c[nH]c4cccc(c34)C(C)(C)C2CC(Cl)C1(C)C1CO1. The summed E-state index contributed by atoms with van der Waals surface area (Å²) in [7, 11) is 1.97. The third-order valence-corrected chi connectivity index (χ3v) is 8.22. The molecule has 1 aliphatic heterocycles. The molecule has 1 saturated heterocycles. The average molecular weight is 358 g/mol. The Labute approximate surface area is 154 Å². The number of hydrogen-bond donors (Lipinski definition) is 1. The van der Waals surface area contributed by atoms with Gasteiger partial charge in [0, 0.05) is 22.5 Å². The molecule has 2 aromatic rings. The number of aromatic amines is 1. The Kier molecular flexibility index (Phi) is 3.25. The third kappa shape index (κ3) is 1.90. The Bertz CT molecular complexity index is 840. The van der Waals surface area contributed by atoms with Gasteiger partial charge in [-0.2, -0.15) is 7.05 Å². The molecule has 2 fully saturated rings. The van der Waals surface area contributed by atoms with Gasteiger partial charge in [-0.1, -0.05) is 32.9 Å². The summed E-state index contributed by atoms with van der Waals surface area (Å²) in [6.07, 6.45) is 3.49. The summed E-state index contributed by atoms with van der Waals surface area (Å²) in [6, 6.07) is 6.85. The van der Waals surface area contributed by atoms with E-state index in [4.69, 9.17) is 21.7 Å². The summed E-state index contributed by atoms with van der Waals surface area (Å²) >= 11 is 7.04. The van der Waals surface area contributed by atoms with Gasteiger partial charge in [0.1, 0.15) is 0 Å². The summed E-state index contributed by atoms with van der Waals surface area (Å²) in [4.78, 5) is 3.51. The van der Waals surface area contributed by atoms with E-state index in [0.717, 1.165) is 13.0 Å². The quantitative estimate of drug-likeness (QED) is 0.599. The molecule has 3 aliphatic rings. The first-order chi connectivity index (χ1) is 11.9. The molecule has 0 amide bonds. The number of nitrogens with zero attached hydrogens (tertiary/aromatic N) is 1. The van der Waals surface area contributed by atoms with Crippen molar-refractivity contribution in [1.82, 2.24) is 4.98 Å². The Morgan fingerprint density at radius 3 is 2.72 bits per heavy atom. The van der Waals surface area contributed by atoms with Crippen molar-refractivity contribution in [2.45, 2.75) is 56.0 Å². The fraction of sp³-hybridized carbons (Fsp3) is 0.619. The number of halogens is 1. The second-order valence-electron chi connectivity index (χ2n) is 8.92. The standard InChI is InChI=1S/C21H26ClN2O/c1-20(2)12-6-5-7-14-17(12)11(9-24-14)18-13(20)8-15(22)21(3,16-10-25-16)19(18)23-4/h5-7,9,13,15-16,18-19,24H,8,10H2,1-4H3/q-1.